The van der Waals surface area contributed by atoms with Crippen molar-refractivity contribution < 1.29 is 8.78 Å². The summed E-state index contributed by atoms with van der Waals surface area (Å²) in [7, 11) is 2.11. The van der Waals surface area contributed by atoms with Crippen LogP contribution < -0.4 is 5.32 Å². The van der Waals surface area contributed by atoms with E-state index in [1.807, 2.05) is 12.1 Å². The van der Waals surface area contributed by atoms with Crippen molar-refractivity contribution in [1.29, 1.82) is 0 Å². The molecule has 0 amide bonds. The van der Waals surface area contributed by atoms with Crippen molar-refractivity contribution in [2.45, 2.75) is 25.8 Å². The first-order valence-electron chi connectivity index (χ1n) is 6.92. The Labute approximate surface area is 113 Å². The third-order valence-electron chi connectivity index (χ3n) is 3.96. The maximum atomic E-state index is 12.6. The summed E-state index contributed by atoms with van der Waals surface area (Å²) in [5.74, 6) is 0.558. The summed E-state index contributed by atoms with van der Waals surface area (Å²) in [4.78, 5) is 2.32. The largest absolute Gasteiger partial charge is 0.317 e. The molecule has 1 heterocycles. The zero-order valence-corrected chi connectivity index (χ0v) is 11.6. The molecular formula is C15H22F2N2. The highest BCUT2D eigenvalue weighted by Gasteiger charge is 2.32. The van der Waals surface area contributed by atoms with Gasteiger partial charge in [0.05, 0.1) is 0 Å². The zero-order chi connectivity index (χ0) is 13.8. The fourth-order valence-corrected chi connectivity index (χ4v) is 2.94. The lowest BCUT2D eigenvalue weighted by Gasteiger charge is -2.26. The number of nitrogens with one attached hydrogen (secondary N) is 1. The lowest BCUT2D eigenvalue weighted by atomic mass is 9.93. The quantitative estimate of drug-likeness (QED) is 0.882. The summed E-state index contributed by atoms with van der Waals surface area (Å²) in [6.07, 6.45) is -1.22. The van der Waals surface area contributed by atoms with E-state index in [1.54, 1.807) is 12.1 Å². The SMILES string of the molecule is CCNCC1CCN(C)C1c1ccc(C(F)F)cc1. The van der Waals surface area contributed by atoms with Crippen molar-refractivity contribution in [2.75, 3.05) is 26.7 Å². The van der Waals surface area contributed by atoms with E-state index < -0.39 is 6.43 Å². The fourth-order valence-electron chi connectivity index (χ4n) is 2.94. The van der Waals surface area contributed by atoms with E-state index in [4.69, 9.17) is 0 Å². The molecule has 1 aliphatic rings. The van der Waals surface area contributed by atoms with Gasteiger partial charge in [0.15, 0.2) is 0 Å². The summed E-state index contributed by atoms with van der Waals surface area (Å²) < 4.78 is 25.2. The molecule has 1 fully saturated rings. The van der Waals surface area contributed by atoms with Gasteiger partial charge in [-0.2, -0.15) is 0 Å². The molecule has 0 radical (unpaired) electrons. The molecule has 0 aliphatic carbocycles. The Bertz CT molecular complexity index is 392. The molecule has 0 saturated carbocycles. The number of nitrogens with zero attached hydrogens (tertiary/aromatic N) is 1. The van der Waals surface area contributed by atoms with Gasteiger partial charge in [-0.3, -0.25) is 4.90 Å². The van der Waals surface area contributed by atoms with Crippen LogP contribution in [-0.2, 0) is 0 Å². The van der Waals surface area contributed by atoms with Crippen LogP contribution >= 0.6 is 0 Å². The van der Waals surface area contributed by atoms with Crippen molar-refractivity contribution in [2.24, 2.45) is 5.92 Å². The molecule has 106 valence electrons. The summed E-state index contributed by atoms with van der Waals surface area (Å²) in [5.41, 5.74) is 1.25. The van der Waals surface area contributed by atoms with Crippen LogP contribution in [0.25, 0.3) is 0 Å². The van der Waals surface area contributed by atoms with Gasteiger partial charge in [-0.25, -0.2) is 8.78 Å². The van der Waals surface area contributed by atoms with Gasteiger partial charge in [-0.05, 0) is 44.6 Å². The summed E-state index contributed by atoms with van der Waals surface area (Å²) in [6, 6.07) is 7.15. The number of rotatable bonds is 5. The average molecular weight is 268 g/mol. The highest BCUT2D eigenvalue weighted by Crippen LogP contribution is 2.36. The van der Waals surface area contributed by atoms with E-state index in [-0.39, 0.29) is 5.56 Å². The first-order valence-corrected chi connectivity index (χ1v) is 6.92. The van der Waals surface area contributed by atoms with Crippen molar-refractivity contribution >= 4 is 0 Å². The van der Waals surface area contributed by atoms with Crippen LogP contribution in [0, 0.1) is 5.92 Å². The number of halogens is 2. The van der Waals surface area contributed by atoms with Crippen molar-refractivity contribution in [3.05, 3.63) is 35.4 Å². The Morgan fingerprint density at radius 2 is 2.00 bits per heavy atom. The molecule has 1 aliphatic heterocycles. The second-order valence-corrected chi connectivity index (χ2v) is 5.25. The summed E-state index contributed by atoms with van der Waals surface area (Å²) >= 11 is 0. The second kappa shape index (κ2) is 6.44. The Morgan fingerprint density at radius 3 is 2.58 bits per heavy atom. The number of hydrogen-bond acceptors (Lipinski definition) is 2. The minimum Gasteiger partial charge on any atom is -0.317 e. The van der Waals surface area contributed by atoms with E-state index in [9.17, 15) is 8.78 Å². The average Bonchev–Trinajstić information content (AvgIpc) is 2.77. The lowest BCUT2D eigenvalue weighted by Crippen LogP contribution is -2.28. The normalized spacial score (nSPS) is 24.3. The number of likely N-dealkylation sites (tertiary alicyclic amines) is 1. The minimum absolute atomic E-state index is 0.104. The summed E-state index contributed by atoms with van der Waals surface area (Å²) in [6.45, 7) is 5.13. The monoisotopic (exact) mass is 268 g/mol. The number of benzene rings is 1. The Balaban J connectivity index is 2.13. The van der Waals surface area contributed by atoms with E-state index in [0.717, 1.165) is 31.6 Å². The summed E-state index contributed by atoms with van der Waals surface area (Å²) in [5, 5.41) is 3.39. The van der Waals surface area contributed by atoms with Crippen LogP contribution in [0.2, 0.25) is 0 Å². The number of hydrogen-bond donors (Lipinski definition) is 1. The number of alkyl halides is 2. The van der Waals surface area contributed by atoms with Gasteiger partial charge in [0.1, 0.15) is 0 Å². The molecule has 2 rings (SSSR count). The maximum Gasteiger partial charge on any atom is 0.263 e. The molecule has 0 aromatic heterocycles. The van der Waals surface area contributed by atoms with Crippen molar-refractivity contribution in [3.63, 3.8) is 0 Å². The molecule has 1 aromatic rings. The third-order valence-corrected chi connectivity index (χ3v) is 3.96. The molecule has 1 N–H and O–H groups in total. The standard InChI is InChI=1S/C15H22F2N2/c1-3-18-10-13-8-9-19(2)14(13)11-4-6-12(7-5-11)15(16)17/h4-7,13-15,18H,3,8-10H2,1-2H3. The molecule has 0 bridgehead atoms. The highest BCUT2D eigenvalue weighted by molar-refractivity contribution is 5.27. The van der Waals surface area contributed by atoms with Crippen LogP contribution in [0.15, 0.2) is 24.3 Å². The van der Waals surface area contributed by atoms with Gasteiger partial charge >= 0.3 is 0 Å². The zero-order valence-electron chi connectivity index (χ0n) is 11.6. The topological polar surface area (TPSA) is 15.3 Å². The Kier molecular flexibility index (Phi) is 4.88. The fraction of sp³-hybridized carbons (Fsp3) is 0.600. The molecule has 0 spiro atoms. The molecule has 4 heteroatoms. The predicted octanol–water partition coefficient (Wildman–Crippen LogP) is 3.23. The third kappa shape index (κ3) is 3.31. The molecule has 1 saturated heterocycles. The molecule has 2 nitrogen and oxygen atoms in total. The predicted molar refractivity (Wildman–Crippen MR) is 73.4 cm³/mol. The van der Waals surface area contributed by atoms with E-state index in [1.165, 1.54) is 0 Å². The Morgan fingerprint density at radius 1 is 1.32 bits per heavy atom. The minimum atomic E-state index is -2.38. The Hall–Kier alpha value is -1.00. The van der Waals surface area contributed by atoms with Crippen LogP contribution in [0.5, 0.6) is 0 Å². The van der Waals surface area contributed by atoms with E-state index in [0.29, 0.717) is 12.0 Å². The maximum absolute atomic E-state index is 12.6. The van der Waals surface area contributed by atoms with Crippen LogP contribution in [0.3, 0.4) is 0 Å². The van der Waals surface area contributed by atoms with Gasteiger partial charge in [0, 0.05) is 11.6 Å². The highest BCUT2D eigenvalue weighted by atomic mass is 19.3. The van der Waals surface area contributed by atoms with Crippen LogP contribution in [0.4, 0.5) is 8.78 Å². The van der Waals surface area contributed by atoms with Crippen molar-refractivity contribution in [3.8, 4) is 0 Å². The van der Waals surface area contributed by atoms with Gasteiger partial charge in [0.2, 0.25) is 0 Å². The molecule has 2 atom stereocenters. The first kappa shape index (κ1) is 14.4. The van der Waals surface area contributed by atoms with E-state index in [2.05, 4.69) is 24.2 Å². The second-order valence-electron chi connectivity index (χ2n) is 5.25. The molecule has 2 unspecified atom stereocenters. The van der Waals surface area contributed by atoms with Gasteiger partial charge in [-0.15, -0.1) is 0 Å². The first-order chi connectivity index (χ1) is 9.13. The van der Waals surface area contributed by atoms with Crippen LogP contribution in [0.1, 0.15) is 36.9 Å². The van der Waals surface area contributed by atoms with Gasteiger partial charge < -0.3 is 5.32 Å². The van der Waals surface area contributed by atoms with Gasteiger partial charge in [0.25, 0.3) is 6.43 Å². The smallest absolute Gasteiger partial charge is 0.263 e. The molecular weight excluding hydrogens is 246 g/mol. The van der Waals surface area contributed by atoms with Gasteiger partial charge in [-0.1, -0.05) is 31.2 Å². The van der Waals surface area contributed by atoms with Crippen LogP contribution in [-0.4, -0.2) is 31.6 Å². The molecule has 1 aromatic carbocycles. The van der Waals surface area contributed by atoms with E-state index >= 15 is 0 Å². The van der Waals surface area contributed by atoms with Crippen molar-refractivity contribution in [1.82, 2.24) is 10.2 Å². The lowest BCUT2D eigenvalue weighted by molar-refractivity contribution is 0.151. The molecule has 19 heavy (non-hydrogen) atoms.